The largest absolute Gasteiger partial charge is 0.474 e. The molecule has 1 unspecified atom stereocenters. The topological polar surface area (TPSA) is 73.2 Å². The van der Waals surface area contributed by atoms with Crippen LogP contribution in [-0.4, -0.2) is 38.5 Å². The van der Waals surface area contributed by atoms with Gasteiger partial charge in [-0.2, -0.15) is 0 Å². The predicted molar refractivity (Wildman–Crippen MR) is 81.6 cm³/mol. The summed E-state index contributed by atoms with van der Waals surface area (Å²) >= 11 is 0. The lowest BCUT2D eigenvalue weighted by atomic mass is 10.1. The number of rotatable bonds is 3. The molecule has 3 heterocycles. The van der Waals surface area contributed by atoms with Gasteiger partial charge < -0.3 is 4.74 Å². The molecule has 1 aromatic carbocycles. The Morgan fingerprint density at radius 3 is 2.91 bits per heavy atom. The first kappa shape index (κ1) is 12.8. The monoisotopic (exact) mass is 291 g/mol. The summed E-state index contributed by atoms with van der Waals surface area (Å²) in [6.07, 6.45) is 5.58. The molecule has 22 heavy (non-hydrogen) atoms. The zero-order valence-corrected chi connectivity index (χ0v) is 11.8. The van der Waals surface area contributed by atoms with Gasteiger partial charge in [0.05, 0.1) is 18.4 Å². The third-order valence-electron chi connectivity index (χ3n) is 3.47. The van der Waals surface area contributed by atoms with Crippen molar-refractivity contribution in [2.45, 2.75) is 12.5 Å². The Bertz CT molecular complexity index is 834. The van der Waals surface area contributed by atoms with Crippen LogP contribution < -0.4 is 0 Å². The van der Waals surface area contributed by atoms with E-state index in [1.54, 1.807) is 12.4 Å². The molecule has 0 aliphatic carbocycles. The summed E-state index contributed by atoms with van der Waals surface area (Å²) in [5, 5.41) is 0. The first-order valence-corrected chi connectivity index (χ1v) is 7.06. The molecule has 2 aromatic heterocycles. The van der Waals surface area contributed by atoms with Gasteiger partial charge in [0.1, 0.15) is 24.1 Å². The fraction of sp³-hybridized carbons (Fsp3) is 0.188. The molecule has 0 radical (unpaired) electrons. The molecule has 1 aliphatic heterocycles. The predicted octanol–water partition coefficient (Wildman–Crippen LogP) is 1.81. The van der Waals surface area contributed by atoms with E-state index >= 15 is 0 Å². The van der Waals surface area contributed by atoms with Crippen LogP contribution in [0.2, 0.25) is 0 Å². The average Bonchev–Trinajstić information content (AvgIpc) is 3.04. The molecule has 0 bridgehead atoms. The molecule has 0 saturated heterocycles. The Kier molecular flexibility index (Phi) is 3.19. The van der Waals surface area contributed by atoms with Gasteiger partial charge in [0.2, 0.25) is 5.90 Å². The minimum absolute atomic E-state index is 0.113. The van der Waals surface area contributed by atoms with Crippen LogP contribution in [0.25, 0.3) is 11.2 Å². The Balaban J connectivity index is 1.58. The van der Waals surface area contributed by atoms with Crippen molar-refractivity contribution in [3.8, 4) is 0 Å². The second-order valence-corrected chi connectivity index (χ2v) is 5.08. The van der Waals surface area contributed by atoms with Crippen molar-refractivity contribution in [2.24, 2.45) is 4.99 Å². The van der Waals surface area contributed by atoms with Crippen molar-refractivity contribution in [1.29, 1.82) is 0 Å². The summed E-state index contributed by atoms with van der Waals surface area (Å²) in [6.45, 7) is 0.565. The molecular formula is C16H13N5O. The van der Waals surface area contributed by atoms with Crippen molar-refractivity contribution in [3.05, 3.63) is 60.3 Å². The fourth-order valence-corrected chi connectivity index (χ4v) is 2.42. The summed E-state index contributed by atoms with van der Waals surface area (Å²) in [7, 11) is 0. The highest BCUT2D eigenvalue weighted by molar-refractivity contribution is 5.94. The number of fused-ring (bicyclic) bond motifs is 1. The summed E-state index contributed by atoms with van der Waals surface area (Å²) in [5.41, 5.74) is 3.08. The minimum Gasteiger partial charge on any atom is -0.474 e. The smallest absolute Gasteiger partial charge is 0.237 e. The maximum Gasteiger partial charge on any atom is 0.237 e. The second-order valence-electron chi connectivity index (χ2n) is 5.08. The van der Waals surface area contributed by atoms with Gasteiger partial charge in [0, 0.05) is 0 Å². The van der Waals surface area contributed by atoms with Crippen LogP contribution in [0.3, 0.4) is 0 Å². The Morgan fingerprint density at radius 1 is 1.09 bits per heavy atom. The SMILES string of the molecule is c1ccc(CC2COC(c3cnc4ncncc4n3)=N2)cc1. The van der Waals surface area contributed by atoms with Gasteiger partial charge in [-0.05, 0) is 12.0 Å². The fourth-order valence-electron chi connectivity index (χ4n) is 2.42. The van der Waals surface area contributed by atoms with Gasteiger partial charge in [-0.1, -0.05) is 30.3 Å². The van der Waals surface area contributed by atoms with Gasteiger partial charge in [-0.25, -0.2) is 24.9 Å². The molecule has 0 amide bonds. The van der Waals surface area contributed by atoms with Crippen LogP contribution >= 0.6 is 0 Å². The number of hydrogen-bond donors (Lipinski definition) is 0. The van der Waals surface area contributed by atoms with Crippen LogP contribution in [-0.2, 0) is 11.2 Å². The van der Waals surface area contributed by atoms with Gasteiger partial charge >= 0.3 is 0 Å². The number of hydrogen-bond acceptors (Lipinski definition) is 6. The van der Waals surface area contributed by atoms with E-state index in [-0.39, 0.29) is 6.04 Å². The van der Waals surface area contributed by atoms with Crippen molar-refractivity contribution in [1.82, 2.24) is 19.9 Å². The number of nitrogens with zero attached hydrogens (tertiary/aromatic N) is 5. The molecule has 0 fully saturated rings. The van der Waals surface area contributed by atoms with Crippen molar-refractivity contribution in [3.63, 3.8) is 0 Å². The molecule has 3 aromatic rings. The standard InChI is InChI=1S/C16H13N5O/c1-2-4-11(5-3-1)6-12-9-22-16(20-12)14-8-18-15-13(21-14)7-17-10-19-15/h1-5,7-8,10,12H,6,9H2. The molecule has 1 aliphatic rings. The van der Waals surface area contributed by atoms with Crippen LogP contribution in [0, 0.1) is 0 Å². The van der Waals surface area contributed by atoms with E-state index in [0.29, 0.717) is 29.4 Å². The van der Waals surface area contributed by atoms with Crippen molar-refractivity contribution >= 4 is 17.1 Å². The molecular weight excluding hydrogens is 278 g/mol. The number of aromatic nitrogens is 4. The van der Waals surface area contributed by atoms with E-state index in [0.717, 1.165) is 6.42 Å². The molecule has 0 spiro atoms. The van der Waals surface area contributed by atoms with Crippen LogP contribution in [0.15, 0.2) is 54.0 Å². The van der Waals surface area contributed by atoms with E-state index in [2.05, 4.69) is 37.1 Å². The number of ether oxygens (including phenoxy) is 1. The first-order valence-electron chi connectivity index (χ1n) is 7.06. The van der Waals surface area contributed by atoms with Crippen molar-refractivity contribution < 1.29 is 4.74 Å². The molecule has 0 saturated carbocycles. The molecule has 0 N–H and O–H groups in total. The van der Waals surface area contributed by atoms with E-state index in [1.165, 1.54) is 11.9 Å². The summed E-state index contributed by atoms with van der Waals surface area (Å²) in [5.74, 6) is 0.541. The summed E-state index contributed by atoms with van der Waals surface area (Å²) in [4.78, 5) is 21.3. The van der Waals surface area contributed by atoms with Gasteiger partial charge in [-0.15, -0.1) is 0 Å². The lowest BCUT2D eigenvalue weighted by molar-refractivity contribution is 0.316. The zero-order chi connectivity index (χ0) is 14.8. The molecule has 4 rings (SSSR count). The summed E-state index contributed by atoms with van der Waals surface area (Å²) < 4.78 is 5.68. The van der Waals surface area contributed by atoms with E-state index in [1.807, 2.05) is 18.2 Å². The van der Waals surface area contributed by atoms with E-state index in [9.17, 15) is 0 Å². The Labute approximate surface area is 127 Å². The maximum atomic E-state index is 5.68. The lowest BCUT2D eigenvalue weighted by Crippen LogP contribution is -2.09. The average molecular weight is 291 g/mol. The van der Waals surface area contributed by atoms with Crippen LogP contribution in [0.4, 0.5) is 0 Å². The minimum atomic E-state index is 0.113. The highest BCUT2D eigenvalue weighted by Crippen LogP contribution is 2.15. The quantitative estimate of drug-likeness (QED) is 0.735. The van der Waals surface area contributed by atoms with Crippen molar-refractivity contribution in [2.75, 3.05) is 6.61 Å². The Morgan fingerprint density at radius 2 is 2.00 bits per heavy atom. The lowest BCUT2D eigenvalue weighted by Gasteiger charge is -2.03. The number of aliphatic imine (C=N–C) groups is 1. The molecule has 6 nitrogen and oxygen atoms in total. The number of benzene rings is 1. The van der Waals surface area contributed by atoms with E-state index in [4.69, 9.17) is 4.74 Å². The molecule has 1 atom stereocenters. The summed E-state index contributed by atoms with van der Waals surface area (Å²) in [6, 6.07) is 10.4. The van der Waals surface area contributed by atoms with Crippen LogP contribution in [0.1, 0.15) is 11.3 Å². The maximum absolute atomic E-state index is 5.68. The molecule has 108 valence electrons. The highest BCUT2D eigenvalue weighted by atomic mass is 16.5. The third kappa shape index (κ3) is 2.50. The zero-order valence-electron chi connectivity index (χ0n) is 11.8. The van der Waals surface area contributed by atoms with E-state index < -0.39 is 0 Å². The normalized spacial score (nSPS) is 17.3. The molecule has 6 heteroatoms. The van der Waals surface area contributed by atoms with Gasteiger partial charge in [0.15, 0.2) is 5.65 Å². The first-order chi connectivity index (χ1) is 10.9. The van der Waals surface area contributed by atoms with Gasteiger partial charge in [-0.3, -0.25) is 0 Å². The second kappa shape index (κ2) is 5.48. The Hall–Kier alpha value is -2.89. The van der Waals surface area contributed by atoms with Crippen LogP contribution in [0.5, 0.6) is 0 Å². The third-order valence-corrected chi connectivity index (χ3v) is 3.47. The van der Waals surface area contributed by atoms with Gasteiger partial charge in [0.25, 0.3) is 0 Å². The highest BCUT2D eigenvalue weighted by Gasteiger charge is 2.21.